The molecule has 0 spiro atoms. The van der Waals surface area contributed by atoms with Crippen LogP contribution < -0.4 is 0 Å². The molecule has 0 amide bonds. The van der Waals surface area contributed by atoms with Crippen LogP contribution in [-0.4, -0.2) is 19.5 Å². The number of nitriles is 1. The van der Waals surface area contributed by atoms with Crippen LogP contribution in [0.5, 0.6) is 0 Å². The Morgan fingerprint density at radius 1 is 1.33 bits per heavy atom. The molecule has 3 rings (SSSR count). The molecule has 1 aromatic carbocycles. The molecule has 0 fully saturated rings. The molecule has 0 atom stereocenters. The van der Waals surface area contributed by atoms with Gasteiger partial charge in [0.15, 0.2) is 10.8 Å². The molecule has 7 heteroatoms. The summed E-state index contributed by atoms with van der Waals surface area (Å²) in [4.78, 5) is 12.5. The SMILES string of the molecule is N#CCCn1c(-c2cccc(F)c2)nc2c(Cl)ncnc21. The molecule has 0 N–H and O–H groups in total. The molecule has 0 aliphatic heterocycles. The van der Waals surface area contributed by atoms with Gasteiger partial charge in [-0.2, -0.15) is 5.26 Å². The smallest absolute Gasteiger partial charge is 0.165 e. The average molecular weight is 302 g/mol. The Balaban J connectivity index is 2.26. The van der Waals surface area contributed by atoms with Crippen molar-refractivity contribution < 1.29 is 4.39 Å². The van der Waals surface area contributed by atoms with Gasteiger partial charge in [-0.3, -0.25) is 0 Å². The molecule has 0 radical (unpaired) electrons. The number of aryl methyl sites for hydroxylation is 1. The molecule has 0 unspecified atom stereocenters. The highest BCUT2D eigenvalue weighted by Gasteiger charge is 2.16. The second-order valence-corrected chi connectivity index (χ2v) is 4.70. The third-order valence-corrected chi connectivity index (χ3v) is 3.29. The van der Waals surface area contributed by atoms with E-state index in [4.69, 9.17) is 16.9 Å². The number of aromatic nitrogens is 4. The summed E-state index contributed by atoms with van der Waals surface area (Å²) in [6.07, 6.45) is 1.62. The molecule has 0 aliphatic carbocycles. The first-order chi connectivity index (χ1) is 10.2. The van der Waals surface area contributed by atoms with Gasteiger partial charge in [0.25, 0.3) is 0 Å². The van der Waals surface area contributed by atoms with Crippen LogP contribution in [0.3, 0.4) is 0 Å². The molecule has 104 valence electrons. The van der Waals surface area contributed by atoms with E-state index in [9.17, 15) is 4.39 Å². The second-order valence-electron chi connectivity index (χ2n) is 4.34. The van der Waals surface area contributed by atoms with Crippen LogP contribution in [0.25, 0.3) is 22.6 Å². The van der Waals surface area contributed by atoms with Crippen molar-refractivity contribution in [3.05, 3.63) is 41.6 Å². The number of nitrogens with zero attached hydrogens (tertiary/aromatic N) is 5. The predicted molar refractivity (Wildman–Crippen MR) is 76.0 cm³/mol. The van der Waals surface area contributed by atoms with E-state index in [2.05, 4.69) is 21.0 Å². The van der Waals surface area contributed by atoms with Gasteiger partial charge in [0, 0.05) is 12.1 Å². The normalized spacial score (nSPS) is 10.7. The van der Waals surface area contributed by atoms with Crippen molar-refractivity contribution in [3.8, 4) is 17.5 Å². The van der Waals surface area contributed by atoms with E-state index in [0.29, 0.717) is 29.1 Å². The lowest BCUT2D eigenvalue weighted by molar-refractivity contribution is 0.627. The summed E-state index contributed by atoms with van der Waals surface area (Å²) in [7, 11) is 0. The molecule has 2 aromatic heterocycles. The number of imidazole rings is 1. The molecule has 0 saturated heterocycles. The van der Waals surface area contributed by atoms with Crippen LogP contribution in [0.1, 0.15) is 6.42 Å². The lowest BCUT2D eigenvalue weighted by atomic mass is 10.2. The maximum absolute atomic E-state index is 13.4. The minimum absolute atomic E-state index is 0.230. The van der Waals surface area contributed by atoms with Gasteiger partial charge in [-0.25, -0.2) is 19.3 Å². The van der Waals surface area contributed by atoms with E-state index in [1.54, 1.807) is 16.7 Å². The Labute approximate surface area is 124 Å². The summed E-state index contributed by atoms with van der Waals surface area (Å²) in [6, 6.07) is 8.16. The zero-order valence-corrected chi connectivity index (χ0v) is 11.5. The minimum Gasteiger partial charge on any atom is -0.308 e. The summed E-state index contributed by atoms with van der Waals surface area (Å²) < 4.78 is 15.2. The van der Waals surface area contributed by atoms with Crippen molar-refractivity contribution in [2.45, 2.75) is 13.0 Å². The molecular formula is C14H9ClFN5. The first kappa shape index (κ1) is 13.5. The van der Waals surface area contributed by atoms with Crippen LogP contribution in [-0.2, 0) is 6.54 Å². The minimum atomic E-state index is -0.358. The molecule has 3 aromatic rings. The summed E-state index contributed by atoms with van der Waals surface area (Å²) >= 11 is 6.03. The Morgan fingerprint density at radius 2 is 2.19 bits per heavy atom. The highest BCUT2D eigenvalue weighted by atomic mass is 35.5. The van der Waals surface area contributed by atoms with Crippen LogP contribution >= 0.6 is 11.6 Å². The van der Waals surface area contributed by atoms with Gasteiger partial charge in [-0.05, 0) is 12.1 Å². The van der Waals surface area contributed by atoms with Crippen molar-refractivity contribution in [1.29, 1.82) is 5.26 Å². The lowest BCUT2D eigenvalue weighted by Gasteiger charge is -2.06. The van der Waals surface area contributed by atoms with Crippen molar-refractivity contribution in [1.82, 2.24) is 19.5 Å². The van der Waals surface area contributed by atoms with E-state index >= 15 is 0 Å². The number of hydrogen-bond acceptors (Lipinski definition) is 4. The number of hydrogen-bond donors (Lipinski definition) is 0. The largest absolute Gasteiger partial charge is 0.308 e. The van der Waals surface area contributed by atoms with Crippen LogP contribution in [0.4, 0.5) is 4.39 Å². The molecule has 21 heavy (non-hydrogen) atoms. The monoisotopic (exact) mass is 301 g/mol. The summed E-state index contributed by atoms with van der Waals surface area (Å²) in [5.41, 5.74) is 1.57. The van der Waals surface area contributed by atoms with Crippen molar-refractivity contribution in [2.24, 2.45) is 0 Å². The Kier molecular flexibility index (Phi) is 3.50. The van der Waals surface area contributed by atoms with E-state index in [1.807, 2.05) is 0 Å². The fourth-order valence-electron chi connectivity index (χ4n) is 2.13. The van der Waals surface area contributed by atoms with E-state index in [0.717, 1.165) is 0 Å². The number of fused-ring (bicyclic) bond motifs is 1. The first-order valence-electron chi connectivity index (χ1n) is 6.20. The summed E-state index contributed by atoms with van der Waals surface area (Å²) in [6.45, 7) is 0.395. The summed E-state index contributed by atoms with van der Waals surface area (Å²) in [5.74, 6) is 0.158. The van der Waals surface area contributed by atoms with Crippen LogP contribution in [0.2, 0.25) is 5.15 Å². The zero-order chi connectivity index (χ0) is 14.8. The van der Waals surface area contributed by atoms with E-state index in [1.165, 1.54) is 18.5 Å². The Bertz CT molecular complexity index is 852. The van der Waals surface area contributed by atoms with Gasteiger partial charge in [-0.15, -0.1) is 0 Å². The molecule has 5 nitrogen and oxygen atoms in total. The van der Waals surface area contributed by atoms with Crippen LogP contribution in [0, 0.1) is 17.1 Å². The first-order valence-corrected chi connectivity index (χ1v) is 6.58. The lowest BCUT2D eigenvalue weighted by Crippen LogP contribution is -2.01. The standard InChI is InChI=1S/C14H9ClFN5/c15-12-11-14(19-8-18-12)21(6-2-5-17)13(20-11)9-3-1-4-10(16)7-9/h1,3-4,7-8H,2,6H2. The number of halogens is 2. The third kappa shape index (κ3) is 2.43. The second kappa shape index (κ2) is 5.46. The molecule has 0 saturated carbocycles. The molecule has 2 heterocycles. The van der Waals surface area contributed by atoms with Gasteiger partial charge in [-0.1, -0.05) is 23.7 Å². The zero-order valence-electron chi connectivity index (χ0n) is 10.8. The van der Waals surface area contributed by atoms with Gasteiger partial charge in [0.2, 0.25) is 0 Å². The number of benzene rings is 1. The fraction of sp³-hybridized carbons (Fsp3) is 0.143. The van der Waals surface area contributed by atoms with Crippen molar-refractivity contribution in [3.63, 3.8) is 0 Å². The summed E-state index contributed by atoms with van der Waals surface area (Å²) in [5, 5.41) is 9.02. The quantitative estimate of drug-likeness (QED) is 0.697. The molecule has 0 aliphatic rings. The Morgan fingerprint density at radius 3 is 2.95 bits per heavy atom. The van der Waals surface area contributed by atoms with Crippen molar-refractivity contribution >= 4 is 22.8 Å². The molecular weight excluding hydrogens is 293 g/mol. The fourth-order valence-corrected chi connectivity index (χ4v) is 2.30. The highest BCUT2D eigenvalue weighted by Crippen LogP contribution is 2.27. The predicted octanol–water partition coefficient (Wildman–Crippen LogP) is 3.20. The van der Waals surface area contributed by atoms with Gasteiger partial charge in [0.1, 0.15) is 23.5 Å². The maximum Gasteiger partial charge on any atom is 0.165 e. The van der Waals surface area contributed by atoms with Gasteiger partial charge >= 0.3 is 0 Å². The third-order valence-electron chi connectivity index (χ3n) is 3.02. The molecule has 0 bridgehead atoms. The van der Waals surface area contributed by atoms with Crippen molar-refractivity contribution in [2.75, 3.05) is 0 Å². The van der Waals surface area contributed by atoms with Gasteiger partial charge in [0.05, 0.1) is 12.5 Å². The Hall–Kier alpha value is -2.52. The maximum atomic E-state index is 13.4. The average Bonchev–Trinajstić information content (AvgIpc) is 2.85. The van der Waals surface area contributed by atoms with Gasteiger partial charge < -0.3 is 4.57 Å². The topological polar surface area (TPSA) is 67.4 Å². The van der Waals surface area contributed by atoms with E-state index in [-0.39, 0.29) is 17.4 Å². The number of rotatable bonds is 3. The van der Waals surface area contributed by atoms with Crippen LogP contribution in [0.15, 0.2) is 30.6 Å². The highest BCUT2D eigenvalue weighted by molar-refractivity contribution is 6.33. The van der Waals surface area contributed by atoms with E-state index < -0.39 is 0 Å².